The summed E-state index contributed by atoms with van der Waals surface area (Å²) in [4.78, 5) is 5.47. The Kier molecular flexibility index (Phi) is 6.91. The van der Waals surface area contributed by atoms with Crippen LogP contribution in [0, 0.1) is 6.92 Å². The zero-order valence-corrected chi connectivity index (χ0v) is 15.7. The largest absolute Gasteiger partial charge is 0.324 e. The molecule has 0 aliphatic carbocycles. The summed E-state index contributed by atoms with van der Waals surface area (Å²) in [5.74, 6) is 0. The molecule has 0 bridgehead atoms. The third-order valence-corrected chi connectivity index (χ3v) is 5.38. The van der Waals surface area contributed by atoms with Crippen LogP contribution in [-0.4, -0.2) is 26.3 Å². The summed E-state index contributed by atoms with van der Waals surface area (Å²) in [5.41, 5.74) is 11.4. The quantitative estimate of drug-likeness (QED) is 0.539. The van der Waals surface area contributed by atoms with Crippen molar-refractivity contribution in [1.82, 2.24) is 4.98 Å². The first kappa shape index (κ1) is 19.1. The third kappa shape index (κ3) is 5.98. The van der Waals surface area contributed by atoms with Crippen LogP contribution >= 0.6 is 11.3 Å². The second-order valence-electron chi connectivity index (χ2n) is 5.87. The average Bonchev–Trinajstić information content (AvgIpc) is 2.96. The van der Waals surface area contributed by atoms with Crippen LogP contribution in [-0.2, 0) is 14.3 Å². The number of unbranched alkanes of at least 4 members (excludes halogenated alkanes) is 2. The highest BCUT2D eigenvalue weighted by Gasteiger charge is 2.09. The Morgan fingerprint density at radius 3 is 2.50 bits per heavy atom. The molecule has 1 heterocycles. The summed E-state index contributed by atoms with van der Waals surface area (Å²) < 4.78 is 26.4. The van der Waals surface area contributed by atoms with Gasteiger partial charge in [-0.3, -0.25) is 4.18 Å². The molecular weight excluding hydrogens is 344 g/mol. The SMILES string of the molecule is Cc1ncsc1-c1ccc([C@@H](N)CCCCCOS(C)(=O)=O)cc1. The molecule has 0 unspecified atom stereocenters. The predicted octanol–water partition coefficient (Wildman–Crippen LogP) is 3.65. The lowest BCUT2D eigenvalue weighted by molar-refractivity contribution is 0.309. The lowest BCUT2D eigenvalue weighted by atomic mass is 9.99. The summed E-state index contributed by atoms with van der Waals surface area (Å²) in [6, 6.07) is 8.33. The van der Waals surface area contributed by atoms with E-state index in [2.05, 4.69) is 29.2 Å². The summed E-state index contributed by atoms with van der Waals surface area (Å²) in [7, 11) is -3.32. The molecule has 2 N–H and O–H groups in total. The van der Waals surface area contributed by atoms with Gasteiger partial charge in [0.05, 0.1) is 28.9 Å². The maximum atomic E-state index is 10.8. The van der Waals surface area contributed by atoms with E-state index in [9.17, 15) is 8.42 Å². The van der Waals surface area contributed by atoms with Gasteiger partial charge in [0, 0.05) is 6.04 Å². The molecular formula is C17H24N2O3S2. The van der Waals surface area contributed by atoms with E-state index in [1.165, 1.54) is 10.4 Å². The van der Waals surface area contributed by atoms with Gasteiger partial charge >= 0.3 is 0 Å². The van der Waals surface area contributed by atoms with Gasteiger partial charge in [-0.15, -0.1) is 11.3 Å². The van der Waals surface area contributed by atoms with E-state index in [1.807, 2.05) is 12.4 Å². The molecule has 2 rings (SSSR count). The van der Waals surface area contributed by atoms with Crippen LogP contribution in [0.4, 0.5) is 0 Å². The maximum Gasteiger partial charge on any atom is 0.264 e. The number of aromatic nitrogens is 1. The highest BCUT2D eigenvalue weighted by molar-refractivity contribution is 7.85. The fourth-order valence-corrected chi connectivity index (χ4v) is 3.71. The summed E-state index contributed by atoms with van der Waals surface area (Å²) >= 11 is 1.64. The standard InChI is InChI=1S/C17H24N2O3S2/c1-13-17(23-12-19-13)15-9-7-14(8-10-15)16(18)6-4-3-5-11-22-24(2,20)21/h7-10,12,16H,3-6,11,18H2,1-2H3/t16-/m0/s1. The van der Waals surface area contributed by atoms with Crippen molar-refractivity contribution in [2.24, 2.45) is 5.73 Å². The molecule has 0 aliphatic rings. The first-order chi connectivity index (χ1) is 11.4. The Morgan fingerprint density at radius 1 is 1.21 bits per heavy atom. The Hall–Kier alpha value is -1.28. The van der Waals surface area contributed by atoms with Gasteiger partial charge in [-0.2, -0.15) is 8.42 Å². The number of nitrogens with zero attached hydrogens (tertiary/aromatic N) is 1. The second-order valence-corrected chi connectivity index (χ2v) is 8.37. The van der Waals surface area contributed by atoms with Gasteiger partial charge in [0.2, 0.25) is 0 Å². The minimum Gasteiger partial charge on any atom is -0.324 e. The molecule has 132 valence electrons. The van der Waals surface area contributed by atoms with Crippen LogP contribution in [0.1, 0.15) is 43.0 Å². The van der Waals surface area contributed by atoms with Crippen LogP contribution in [0.5, 0.6) is 0 Å². The topological polar surface area (TPSA) is 82.3 Å². The molecule has 1 aromatic carbocycles. The summed E-state index contributed by atoms with van der Waals surface area (Å²) in [6.07, 6.45) is 4.52. The number of aryl methyl sites for hydroxylation is 1. The lowest BCUT2D eigenvalue weighted by Gasteiger charge is -2.12. The smallest absolute Gasteiger partial charge is 0.264 e. The predicted molar refractivity (Wildman–Crippen MR) is 98.5 cm³/mol. The number of hydrogen-bond donors (Lipinski definition) is 1. The first-order valence-corrected chi connectivity index (χ1v) is 10.7. The number of rotatable bonds is 9. The van der Waals surface area contributed by atoms with Crippen LogP contribution < -0.4 is 5.73 Å². The van der Waals surface area contributed by atoms with Crippen LogP contribution in [0.3, 0.4) is 0 Å². The molecule has 0 spiro atoms. The van der Waals surface area contributed by atoms with Gasteiger partial charge in [-0.05, 0) is 30.9 Å². The normalized spacial score (nSPS) is 13.1. The number of nitrogens with two attached hydrogens (primary N) is 1. The summed E-state index contributed by atoms with van der Waals surface area (Å²) in [6.45, 7) is 2.26. The number of thiazole rings is 1. The molecule has 1 atom stereocenters. The first-order valence-electron chi connectivity index (χ1n) is 7.97. The Morgan fingerprint density at radius 2 is 1.92 bits per heavy atom. The molecule has 24 heavy (non-hydrogen) atoms. The molecule has 0 amide bonds. The van der Waals surface area contributed by atoms with E-state index in [0.717, 1.165) is 43.2 Å². The molecule has 2 aromatic rings. The van der Waals surface area contributed by atoms with Crippen molar-refractivity contribution in [3.05, 3.63) is 41.0 Å². The minimum absolute atomic E-state index is 0.00238. The molecule has 7 heteroatoms. The second kappa shape index (κ2) is 8.71. The molecule has 0 fully saturated rings. The molecule has 5 nitrogen and oxygen atoms in total. The highest BCUT2D eigenvalue weighted by Crippen LogP contribution is 2.28. The van der Waals surface area contributed by atoms with Gasteiger partial charge < -0.3 is 5.73 Å². The number of benzene rings is 1. The van der Waals surface area contributed by atoms with Gasteiger partial charge in [0.1, 0.15) is 0 Å². The van der Waals surface area contributed by atoms with Gasteiger partial charge in [0.15, 0.2) is 0 Å². The van der Waals surface area contributed by atoms with Crippen molar-refractivity contribution < 1.29 is 12.6 Å². The van der Waals surface area contributed by atoms with Gasteiger partial charge in [-0.1, -0.05) is 37.1 Å². The van der Waals surface area contributed by atoms with Crippen LogP contribution in [0.25, 0.3) is 10.4 Å². The van der Waals surface area contributed by atoms with E-state index in [1.54, 1.807) is 11.3 Å². The fourth-order valence-electron chi connectivity index (χ4n) is 2.48. The summed E-state index contributed by atoms with van der Waals surface area (Å²) in [5, 5.41) is 0. The highest BCUT2D eigenvalue weighted by atomic mass is 32.2. The zero-order chi connectivity index (χ0) is 17.6. The minimum atomic E-state index is -3.32. The van der Waals surface area contributed by atoms with Gasteiger partial charge in [-0.25, -0.2) is 4.98 Å². The van der Waals surface area contributed by atoms with Crippen molar-refractivity contribution in [2.75, 3.05) is 12.9 Å². The Labute approximate surface area is 148 Å². The molecule has 0 saturated carbocycles. The lowest BCUT2D eigenvalue weighted by Crippen LogP contribution is -2.10. The fraction of sp³-hybridized carbons (Fsp3) is 0.471. The third-order valence-electron chi connectivity index (χ3n) is 3.80. The Balaban J connectivity index is 1.77. The molecule has 0 radical (unpaired) electrons. The van der Waals surface area contributed by atoms with E-state index in [-0.39, 0.29) is 12.6 Å². The van der Waals surface area contributed by atoms with Crippen molar-refractivity contribution in [3.8, 4) is 10.4 Å². The van der Waals surface area contributed by atoms with Crippen molar-refractivity contribution in [1.29, 1.82) is 0 Å². The molecule has 0 aliphatic heterocycles. The monoisotopic (exact) mass is 368 g/mol. The van der Waals surface area contributed by atoms with E-state index < -0.39 is 10.1 Å². The Bertz CT molecular complexity index is 739. The average molecular weight is 369 g/mol. The van der Waals surface area contributed by atoms with Crippen molar-refractivity contribution in [2.45, 2.75) is 38.6 Å². The maximum absolute atomic E-state index is 10.8. The van der Waals surface area contributed by atoms with Crippen LogP contribution in [0.2, 0.25) is 0 Å². The van der Waals surface area contributed by atoms with E-state index in [4.69, 9.17) is 9.92 Å². The van der Waals surface area contributed by atoms with E-state index >= 15 is 0 Å². The van der Waals surface area contributed by atoms with E-state index in [0.29, 0.717) is 0 Å². The molecule has 0 saturated heterocycles. The van der Waals surface area contributed by atoms with Crippen molar-refractivity contribution >= 4 is 21.5 Å². The van der Waals surface area contributed by atoms with Crippen LogP contribution in [0.15, 0.2) is 29.8 Å². The number of hydrogen-bond acceptors (Lipinski definition) is 6. The van der Waals surface area contributed by atoms with Gasteiger partial charge in [0.25, 0.3) is 10.1 Å². The molecule has 1 aromatic heterocycles. The zero-order valence-electron chi connectivity index (χ0n) is 14.1. The van der Waals surface area contributed by atoms with Crippen molar-refractivity contribution in [3.63, 3.8) is 0 Å².